The van der Waals surface area contributed by atoms with Crippen LogP contribution in [0.25, 0.3) is 0 Å². The van der Waals surface area contributed by atoms with Crippen LogP contribution < -0.4 is 15.4 Å². The molecule has 0 radical (unpaired) electrons. The molecule has 9 heteroatoms. The number of nitrogens with one attached hydrogen (secondary N) is 2. The van der Waals surface area contributed by atoms with Crippen LogP contribution in [0.1, 0.15) is 44.6 Å². The van der Waals surface area contributed by atoms with Gasteiger partial charge in [-0.1, -0.05) is 50.1 Å². The van der Waals surface area contributed by atoms with Gasteiger partial charge in [0.05, 0.1) is 12.0 Å². The van der Waals surface area contributed by atoms with Gasteiger partial charge >= 0.3 is 6.09 Å². The fourth-order valence-corrected chi connectivity index (χ4v) is 7.04. The molecule has 0 unspecified atom stereocenters. The Kier molecular flexibility index (Phi) is 10.0. The van der Waals surface area contributed by atoms with Gasteiger partial charge in [0.25, 0.3) is 0 Å². The van der Waals surface area contributed by atoms with Gasteiger partial charge in [-0.05, 0) is 73.9 Å². The van der Waals surface area contributed by atoms with E-state index >= 15 is 0 Å². The molecule has 8 nitrogen and oxygen atoms in total. The van der Waals surface area contributed by atoms with Gasteiger partial charge in [-0.2, -0.15) is 4.31 Å². The summed E-state index contributed by atoms with van der Waals surface area (Å²) < 4.78 is 40.2. The van der Waals surface area contributed by atoms with E-state index in [1.807, 2.05) is 37.3 Å². The number of rotatable bonds is 12. The zero-order valence-electron chi connectivity index (χ0n) is 22.5. The van der Waals surface area contributed by atoms with E-state index in [1.165, 1.54) is 0 Å². The number of methoxy groups -OCH3 is 1. The normalized spacial score (nSPS) is 19.8. The highest BCUT2D eigenvalue weighted by atomic mass is 32.2. The van der Waals surface area contributed by atoms with E-state index in [9.17, 15) is 13.2 Å². The molecule has 1 aliphatic heterocycles. The molecule has 2 aromatic rings. The minimum absolute atomic E-state index is 0.142. The number of nitrogens with zero attached hydrogens (tertiary/aromatic N) is 1. The number of hydrogen-bond acceptors (Lipinski definition) is 6. The zero-order chi connectivity index (χ0) is 27.0. The van der Waals surface area contributed by atoms with Crippen molar-refractivity contribution in [2.75, 3.05) is 33.3 Å². The monoisotopic (exact) mass is 543 g/mol. The predicted octanol–water partition coefficient (Wildman–Crippen LogP) is 4.21. The van der Waals surface area contributed by atoms with E-state index in [0.29, 0.717) is 37.7 Å². The molecule has 4 rings (SSSR count). The topological polar surface area (TPSA) is 97.0 Å². The second kappa shape index (κ2) is 13.4. The first-order valence-corrected chi connectivity index (χ1v) is 15.1. The second-order valence-electron chi connectivity index (χ2n) is 10.6. The van der Waals surface area contributed by atoms with Crippen LogP contribution in [0.15, 0.2) is 59.5 Å². The Morgan fingerprint density at radius 2 is 1.79 bits per heavy atom. The van der Waals surface area contributed by atoms with Crippen LogP contribution >= 0.6 is 0 Å². The van der Waals surface area contributed by atoms with Gasteiger partial charge in [0.1, 0.15) is 11.9 Å². The van der Waals surface area contributed by atoms with Gasteiger partial charge in [0.15, 0.2) is 0 Å². The van der Waals surface area contributed by atoms with Crippen molar-refractivity contribution in [3.8, 4) is 5.75 Å². The number of carbonyl (C=O) groups is 1. The van der Waals surface area contributed by atoms with Crippen LogP contribution in [0, 0.1) is 11.8 Å². The van der Waals surface area contributed by atoms with Crippen molar-refractivity contribution >= 4 is 16.1 Å². The maximum absolute atomic E-state index is 13.9. The van der Waals surface area contributed by atoms with Crippen molar-refractivity contribution in [3.63, 3.8) is 0 Å². The van der Waals surface area contributed by atoms with Gasteiger partial charge in [-0.3, -0.25) is 0 Å². The Hall–Kier alpha value is -2.62. The summed E-state index contributed by atoms with van der Waals surface area (Å²) in [7, 11) is -2.18. The van der Waals surface area contributed by atoms with E-state index in [4.69, 9.17) is 9.47 Å². The van der Waals surface area contributed by atoms with Crippen LogP contribution in [0.2, 0.25) is 0 Å². The summed E-state index contributed by atoms with van der Waals surface area (Å²) in [5.41, 5.74) is 1.08. The lowest BCUT2D eigenvalue weighted by molar-refractivity contribution is 0.100. The second-order valence-corrected chi connectivity index (χ2v) is 12.5. The molecule has 3 atom stereocenters. The van der Waals surface area contributed by atoms with Crippen LogP contribution in [-0.4, -0.2) is 64.3 Å². The molecular weight excluding hydrogens is 502 g/mol. The van der Waals surface area contributed by atoms with Crippen molar-refractivity contribution in [1.29, 1.82) is 0 Å². The molecule has 1 amide bonds. The fraction of sp³-hybridized carbons (Fsp3) is 0.552. The molecule has 2 fully saturated rings. The summed E-state index contributed by atoms with van der Waals surface area (Å²) in [6.45, 7) is 4.28. The molecule has 0 bridgehead atoms. The molecule has 38 heavy (non-hydrogen) atoms. The van der Waals surface area contributed by atoms with Crippen molar-refractivity contribution < 1.29 is 22.7 Å². The maximum Gasteiger partial charge on any atom is 0.407 e. The average Bonchev–Trinajstić information content (AvgIpc) is 3.63. The summed E-state index contributed by atoms with van der Waals surface area (Å²) in [5, 5.41) is 6.28. The minimum atomic E-state index is -3.74. The standard InChI is InChI=1S/C29H41N3O5S/c1-22(28(18-23-8-4-3-5-9-23)31-29(33)37-26-16-17-30-19-26)20-32(21-24-10-6-7-11-24)38(34,35)27-14-12-25(36-2)13-15-27/h3-5,8-9,12-15,22,24,26,28,30H,6-7,10-11,16-21H2,1-2H3,(H,31,33)/t22-,26-,28+/m1/s1. The number of ether oxygens (including phenoxy) is 2. The Balaban J connectivity index is 1.54. The first-order valence-electron chi connectivity index (χ1n) is 13.7. The highest BCUT2D eigenvalue weighted by Gasteiger charge is 2.33. The predicted molar refractivity (Wildman–Crippen MR) is 148 cm³/mol. The first kappa shape index (κ1) is 28.4. The third kappa shape index (κ3) is 7.71. The van der Waals surface area contributed by atoms with Crippen molar-refractivity contribution in [1.82, 2.24) is 14.9 Å². The van der Waals surface area contributed by atoms with Gasteiger partial charge in [0.2, 0.25) is 10.0 Å². The van der Waals surface area contributed by atoms with Gasteiger partial charge < -0.3 is 20.1 Å². The molecule has 0 spiro atoms. The molecule has 1 saturated heterocycles. The molecule has 1 aliphatic carbocycles. The molecular formula is C29H41N3O5S. The third-order valence-corrected chi connectivity index (χ3v) is 9.55. The molecule has 2 aromatic carbocycles. The van der Waals surface area contributed by atoms with Gasteiger partial charge in [-0.15, -0.1) is 0 Å². The van der Waals surface area contributed by atoms with Crippen LogP contribution in [0.4, 0.5) is 4.79 Å². The van der Waals surface area contributed by atoms with E-state index in [2.05, 4.69) is 10.6 Å². The Labute approximate surface area is 227 Å². The molecule has 2 N–H and O–H groups in total. The largest absolute Gasteiger partial charge is 0.497 e. The highest BCUT2D eigenvalue weighted by molar-refractivity contribution is 7.89. The van der Waals surface area contributed by atoms with Crippen molar-refractivity contribution in [2.45, 2.75) is 62.5 Å². The first-order chi connectivity index (χ1) is 18.3. The van der Waals surface area contributed by atoms with E-state index in [1.54, 1.807) is 35.7 Å². The Morgan fingerprint density at radius 1 is 1.08 bits per heavy atom. The average molecular weight is 544 g/mol. The molecule has 2 aliphatic rings. The number of hydrogen-bond donors (Lipinski definition) is 2. The number of carbonyl (C=O) groups excluding carboxylic acids is 1. The lowest BCUT2D eigenvalue weighted by atomic mass is 9.94. The smallest absolute Gasteiger partial charge is 0.407 e. The van der Waals surface area contributed by atoms with E-state index in [0.717, 1.165) is 44.2 Å². The molecule has 208 valence electrons. The number of sulfonamides is 1. The Morgan fingerprint density at radius 3 is 2.42 bits per heavy atom. The van der Waals surface area contributed by atoms with Gasteiger partial charge in [0, 0.05) is 25.7 Å². The van der Waals surface area contributed by atoms with Crippen molar-refractivity contribution in [2.24, 2.45) is 11.8 Å². The van der Waals surface area contributed by atoms with E-state index < -0.39 is 16.1 Å². The third-order valence-electron chi connectivity index (χ3n) is 7.70. The number of benzene rings is 2. The fourth-order valence-electron chi connectivity index (χ4n) is 5.42. The maximum atomic E-state index is 13.9. The summed E-state index contributed by atoms with van der Waals surface area (Å²) in [6, 6.07) is 16.2. The van der Waals surface area contributed by atoms with Crippen LogP contribution in [0.5, 0.6) is 5.75 Å². The molecule has 0 aromatic heterocycles. The summed E-state index contributed by atoms with van der Waals surface area (Å²) in [5.74, 6) is 0.803. The Bertz CT molecular complexity index is 1110. The molecule has 1 saturated carbocycles. The number of alkyl carbamates (subject to hydrolysis) is 1. The zero-order valence-corrected chi connectivity index (χ0v) is 23.3. The highest BCUT2D eigenvalue weighted by Crippen LogP contribution is 2.29. The summed E-state index contributed by atoms with van der Waals surface area (Å²) >= 11 is 0. The van der Waals surface area contributed by atoms with Crippen LogP contribution in [-0.2, 0) is 21.2 Å². The minimum Gasteiger partial charge on any atom is -0.497 e. The lowest BCUT2D eigenvalue weighted by Gasteiger charge is -2.32. The van der Waals surface area contributed by atoms with E-state index in [-0.39, 0.29) is 23.0 Å². The van der Waals surface area contributed by atoms with Gasteiger partial charge in [-0.25, -0.2) is 13.2 Å². The number of amides is 1. The van der Waals surface area contributed by atoms with Crippen molar-refractivity contribution in [3.05, 3.63) is 60.2 Å². The van der Waals surface area contributed by atoms with Crippen LogP contribution in [0.3, 0.4) is 0 Å². The SMILES string of the molecule is COc1ccc(S(=O)(=O)N(CC2CCCC2)C[C@@H](C)[C@H](Cc2ccccc2)NC(=O)O[C@@H]2CCNC2)cc1. The summed E-state index contributed by atoms with van der Waals surface area (Å²) in [4.78, 5) is 13.1. The molecule has 1 heterocycles. The lowest BCUT2D eigenvalue weighted by Crippen LogP contribution is -2.47. The summed E-state index contributed by atoms with van der Waals surface area (Å²) in [6.07, 6.45) is 5.13. The quantitative estimate of drug-likeness (QED) is 0.416.